The smallest absolute Gasteiger partial charge is 0.168 e. The summed E-state index contributed by atoms with van der Waals surface area (Å²) in [4.78, 5) is 2.40. The number of fused-ring (bicyclic) bond motifs is 13. The number of hydrogen-bond donors (Lipinski definition) is 0. The Bertz CT molecular complexity index is 3750. The fraction of sp³-hybridized carbons (Fsp3) is 0.0159. The summed E-state index contributed by atoms with van der Waals surface area (Å²) >= 11 is 0. The Morgan fingerprint density at radius 3 is 1.32 bits per heavy atom. The molecule has 68 heavy (non-hydrogen) atoms. The molecule has 12 aromatic rings. The predicted molar refractivity (Wildman–Crippen MR) is 278 cm³/mol. The number of para-hydroxylation sites is 3. The molecule has 5 heteroatoms. The third-order valence-electron chi connectivity index (χ3n) is 14.3. The van der Waals surface area contributed by atoms with Crippen LogP contribution in [0.1, 0.15) is 22.3 Å². The molecule has 318 valence electrons. The molecule has 0 fully saturated rings. The molecule has 0 saturated carbocycles. The molecule has 0 radical (unpaired) electrons. The summed E-state index contributed by atoms with van der Waals surface area (Å²) in [5.41, 5.74) is 19.2. The highest BCUT2D eigenvalue weighted by atomic mass is 15.3. The molecule has 10 aromatic carbocycles. The number of benzene rings is 10. The maximum absolute atomic E-state index is 4.87. The minimum atomic E-state index is -0.611. The number of anilines is 3. The average molecular weight is 868 g/mol. The maximum Gasteiger partial charge on any atom is 0.168 e. The van der Waals surface area contributed by atoms with Gasteiger partial charge in [-0.2, -0.15) is 0 Å². The van der Waals surface area contributed by atoms with Crippen molar-refractivity contribution in [1.82, 2.24) is 19.3 Å². The van der Waals surface area contributed by atoms with Gasteiger partial charge in [0.2, 0.25) is 0 Å². The van der Waals surface area contributed by atoms with Crippen molar-refractivity contribution >= 4 is 38.9 Å². The van der Waals surface area contributed by atoms with E-state index in [-0.39, 0.29) is 0 Å². The normalized spacial score (nSPS) is 12.8. The van der Waals surface area contributed by atoms with E-state index in [0.29, 0.717) is 0 Å². The Hall–Kier alpha value is -9.06. The zero-order valence-electron chi connectivity index (χ0n) is 36.9. The van der Waals surface area contributed by atoms with Crippen LogP contribution >= 0.6 is 0 Å². The largest absolute Gasteiger partial charge is 0.310 e. The Labute approximate surface area is 394 Å². The quantitative estimate of drug-likeness (QED) is 0.160. The minimum Gasteiger partial charge on any atom is -0.310 e. The lowest BCUT2D eigenvalue weighted by Gasteiger charge is -2.32. The van der Waals surface area contributed by atoms with E-state index in [1.807, 2.05) is 12.1 Å². The highest BCUT2D eigenvalue weighted by molar-refractivity contribution is 6.09. The molecule has 0 atom stereocenters. The van der Waals surface area contributed by atoms with Gasteiger partial charge in [0.05, 0.1) is 16.4 Å². The minimum absolute atomic E-state index is 0.611. The van der Waals surface area contributed by atoms with Crippen LogP contribution in [-0.4, -0.2) is 19.3 Å². The fourth-order valence-corrected chi connectivity index (χ4v) is 11.4. The zero-order chi connectivity index (χ0) is 44.8. The van der Waals surface area contributed by atoms with Gasteiger partial charge < -0.3 is 9.47 Å². The van der Waals surface area contributed by atoms with E-state index >= 15 is 0 Å². The van der Waals surface area contributed by atoms with Crippen molar-refractivity contribution in [3.63, 3.8) is 0 Å². The standard InChI is InChI=1S/C63H41N5/c1-4-18-42(19-5-1)61-64-65-62(43-20-6-2-7-21-43)68(61)48-37-39-52-51-38-36-47(40-57(51)63(58(52)41-48)55-28-14-10-24-49(55)50-25-11-15-29-56(50)63)66(44-22-8-3-9-23-44)45-32-34-46(35-33-45)67-59-30-16-12-26-53(59)54-27-13-17-31-60(54)67/h1-41H. The van der Waals surface area contributed by atoms with Gasteiger partial charge in [-0.25, -0.2) is 0 Å². The number of hydrogen-bond acceptors (Lipinski definition) is 3. The van der Waals surface area contributed by atoms with Gasteiger partial charge in [-0.15, -0.1) is 10.2 Å². The summed E-state index contributed by atoms with van der Waals surface area (Å²) in [6.07, 6.45) is 0. The second kappa shape index (κ2) is 15.0. The molecule has 2 heterocycles. The zero-order valence-corrected chi connectivity index (χ0v) is 36.9. The van der Waals surface area contributed by atoms with Crippen LogP contribution in [-0.2, 0) is 5.41 Å². The van der Waals surface area contributed by atoms with Crippen molar-refractivity contribution in [1.29, 1.82) is 0 Å². The van der Waals surface area contributed by atoms with E-state index in [9.17, 15) is 0 Å². The summed E-state index contributed by atoms with van der Waals surface area (Å²) in [7, 11) is 0. The summed E-state index contributed by atoms with van der Waals surface area (Å²) < 4.78 is 4.62. The first-order valence-corrected chi connectivity index (χ1v) is 23.2. The molecule has 2 aromatic heterocycles. The third-order valence-corrected chi connectivity index (χ3v) is 14.3. The average Bonchev–Trinajstić information content (AvgIpc) is 4.16. The predicted octanol–water partition coefficient (Wildman–Crippen LogP) is 15.5. The van der Waals surface area contributed by atoms with E-state index in [1.54, 1.807) is 0 Å². The molecular weight excluding hydrogens is 827 g/mol. The summed E-state index contributed by atoms with van der Waals surface area (Å²) in [6.45, 7) is 0. The second-order valence-electron chi connectivity index (χ2n) is 17.8. The van der Waals surface area contributed by atoms with E-state index in [0.717, 1.165) is 51.2 Å². The lowest BCUT2D eigenvalue weighted by Crippen LogP contribution is -2.26. The highest BCUT2D eigenvalue weighted by Crippen LogP contribution is 2.63. The molecule has 0 bridgehead atoms. The van der Waals surface area contributed by atoms with Crippen molar-refractivity contribution in [2.45, 2.75) is 5.41 Å². The third kappa shape index (κ3) is 5.50. The van der Waals surface area contributed by atoms with Gasteiger partial charge in [-0.1, -0.05) is 176 Å². The van der Waals surface area contributed by atoms with Crippen LogP contribution in [0.25, 0.3) is 78.2 Å². The molecule has 0 unspecified atom stereocenters. The molecule has 0 aliphatic heterocycles. The lowest BCUT2D eigenvalue weighted by atomic mass is 9.70. The van der Waals surface area contributed by atoms with Crippen molar-refractivity contribution in [3.8, 4) is 56.4 Å². The van der Waals surface area contributed by atoms with E-state index < -0.39 is 5.41 Å². The van der Waals surface area contributed by atoms with E-state index in [2.05, 4.69) is 251 Å². The number of rotatable bonds is 7. The first kappa shape index (κ1) is 38.2. The van der Waals surface area contributed by atoms with Gasteiger partial charge in [-0.3, -0.25) is 4.57 Å². The molecule has 2 aliphatic carbocycles. The Kier molecular flexibility index (Phi) is 8.43. The van der Waals surface area contributed by atoms with Crippen LogP contribution in [0.2, 0.25) is 0 Å². The van der Waals surface area contributed by atoms with Crippen molar-refractivity contribution in [2.24, 2.45) is 0 Å². The second-order valence-corrected chi connectivity index (χ2v) is 17.8. The molecule has 2 aliphatic rings. The van der Waals surface area contributed by atoms with Crippen LogP contribution in [0.4, 0.5) is 17.1 Å². The van der Waals surface area contributed by atoms with Crippen LogP contribution < -0.4 is 4.90 Å². The Balaban J connectivity index is 0.980. The summed E-state index contributed by atoms with van der Waals surface area (Å²) in [6, 6.07) is 90.2. The van der Waals surface area contributed by atoms with Gasteiger partial charge in [0.1, 0.15) is 0 Å². The Morgan fingerprint density at radius 2 is 0.735 bits per heavy atom. The monoisotopic (exact) mass is 867 g/mol. The summed E-state index contributed by atoms with van der Waals surface area (Å²) in [5.74, 6) is 1.59. The van der Waals surface area contributed by atoms with Gasteiger partial charge in [-0.05, 0) is 117 Å². The number of aromatic nitrogens is 4. The van der Waals surface area contributed by atoms with Crippen molar-refractivity contribution in [3.05, 3.63) is 271 Å². The molecule has 0 N–H and O–H groups in total. The molecule has 0 saturated heterocycles. The topological polar surface area (TPSA) is 38.9 Å². The molecule has 5 nitrogen and oxygen atoms in total. The van der Waals surface area contributed by atoms with Crippen molar-refractivity contribution < 1.29 is 0 Å². The fourth-order valence-electron chi connectivity index (χ4n) is 11.4. The molecule has 0 amide bonds. The van der Waals surface area contributed by atoms with Gasteiger partial charge in [0.25, 0.3) is 0 Å². The van der Waals surface area contributed by atoms with Crippen LogP contribution in [0.15, 0.2) is 249 Å². The van der Waals surface area contributed by atoms with E-state index in [4.69, 9.17) is 10.2 Å². The van der Waals surface area contributed by atoms with Gasteiger partial charge in [0, 0.05) is 50.3 Å². The Morgan fingerprint density at radius 1 is 0.309 bits per heavy atom. The van der Waals surface area contributed by atoms with Gasteiger partial charge in [0.15, 0.2) is 11.6 Å². The SMILES string of the molecule is c1ccc(-c2nnc(-c3ccccc3)n2-c2ccc3c(c2)C2(c4ccccc4-c4ccccc42)c2cc(N(c4ccccc4)c4ccc(-n5c6ccccc6c6ccccc65)cc4)ccc2-3)cc1. The van der Waals surface area contributed by atoms with Crippen LogP contribution in [0.3, 0.4) is 0 Å². The van der Waals surface area contributed by atoms with Crippen molar-refractivity contribution in [2.75, 3.05) is 4.90 Å². The molecule has 1 spiro atoms. The number of nitrogens with zero attached hydrogens (tertiary/aromatic N) is 5. The van der Waals surface area contributed by atoms with Crippen LogP contribution in [0.5, 0.6) is 0 Å². The highest BCUT2D eigenvalue weighted by Gasteiger charge is 2.52. The maximum atomic E-state index is 4.87. The van der Waals surface area contributed by atoms with E-state index in [1.165, 1.54) is 66.3 Å². The first-order chi connectivity index (χ1) is 33.8. The van der Waals surface area contributed by atoms with Gasteiger partial charge >= 0.3 is 0 Å². The lowest BCUT2D eigenvalue weighted by molar-refractivity contribution is 0.792. The molecular formula is C63H41N5. The molecule has 14 rings (SSSR count). The van der Waals surface area contributed by atoms with Crippen LogP contribution in [0, 0.1) is 0 Å². The first-order valence-electron chi connectivity index (χ1n) is 23.2. The summed E-state index contributed by atoms with van der Waals surface area (Å²) in [5, 5.41) is 12.3.